The number of phenols is 2. The number of amides is 1. The van der Waals surface area contributed by atoms with E-state index in [1.807, 2.05) is 6.26 Å². The third kappa shape index (κ3) is 3.71. The molecular formula is C10H13NO3S. The molecule has 1 rings (SSSR count). The number of phenolic OH excluding ortho intramolecular Hbond substituents is 2. The van der Waals surface area contributed by atoms with E-state index in [1.54, 1.807) is 11.8 Å². The van der Waals surface area contributed by atoms with E-state index in [0.29, 0.717) is 6.54 Å². The topological polar surface area (TPSA) is 69.6 Å². The SMILES string of the molecule is CSCCNC(=O)c1cc(O)cc(O)c1. The van der Waals surface area contributed by atoms with Gasteiger partial charge in [-0.2, -0.15) is 11.8 Å². The van der Waals surface area contributed by atoms with Gasteiger partial charge in [-0.1, -0.05) is 0 Å². The normalized spacial score (nSPS) is 9.93. The highest BCUT2D eigenvalue weighted by Crippen LogP contribution is 2.20. The van der Waals surface area contributed by atoms with Gasteiger partial charge in [0.05, 0.1) is 0 Å². The Kier molecular flexibility index (Phi) is 4.30. The van der Waals surface area contributed by atoms with Gasteiger partial charge in [-0.3, -0.25) is 4.79 Å². The molecule has 1 amide bonds. The monoisotopic (exact) mass is 227 g/mol. The molecule has 0 aromatic heterocycles. The van der Waals surface area contributed by atoms with Gasteiger partial charge in [0.25, 0.3) is 5.91 Å². The van der Waals surface area contributed by atoms with Gasteiger partial charge in [-0.25, -0.2) is 0 Å². The molecule has 0 saturated heterocycles. The number of carbonyl (C=O) groups excluding carboxylic acids is 1. The number of carbonyl (C=O) groups is 1. The molecule has 5 heteroatoms. The van der Waals surface area contributed by atoms with Crippen LogP contribution in [0.3, 0.4) is 0 Å². The number of hydrogen-bond acceptors (Lipinski definition) is 4. The lowest BCUT2D eigenvalue weighted by Gasteiger charge is -2.05. The molecule has 0 aliphatic heterocycles. The number of thioether (sulfide) groups is 1. The maximum atomic E-state index is 11.5. The van der Waals surface area contributed by atoms with Crippen molar-refractivity contribution in [1.82, 2.24) is 5.32 Å². The molecule has 0 aliphatic carbocycles. The first-order valence-electron chi connectivity index (χ1n) is 4.43. The number of aromatic hydroxyl groups is 2. The summed E-state index contributed by atoms with van der Waals surface area (Å²) in [5, 5.41) is 21.0. The van der Waals surface area contributed by atoms with Crippen LogP contribution in [0.15, 0.2) is 18.2 Å². The maximum Gasteiger partial charge on any atom is 0.251 e. The second-order valence-corrected chi connectivity index (χ2v) is 3.97. The molecule has 4 nitrogen and oxygen atoms in total. The van der Waals surface area contributed by atoms with Crippen LogP contribution < -0.4 is 5.32 Å². The molecule has 82 valence electrons. The van der Waals surface area contributed by atoms with Gasteiger partial charge in [-0.15, -0.1) is 0 Å². The first-order chi connectivity index (χ1) is 7.13. The van der Waals surface area contributed by atoms with Crippen molar-refractivity contribution in [2.75, 3.05) is 18.6 Å². The maximum absolute atomic E-state index is 11.5. The number of rotatable bonds is 4. The van der Waals surface area contributed by atoms with Crippen LogP contribution in [0.5, 0.6) is 11.5 Å². The van der Waals surface area contributed by atoms with Crippen molar-refractivity contribution in [2.24, 2.45) is 0 Å². The average Bonchev–Trinajstić information content (AvgIpc) is 2.16. The van der Waals surface area contributed by atoms with Crippen molar-refractivity contribution >= 4 is 17.7 Å². The van der Waals surface area contributed by atoms with Crippen LogP contribution in [0, 0.1) is 0 Å². The first-order valence-corrected chi connectivity index (χ1v) is 5.83. The largest absolute Gasteiger partial charge is 0.508 e. The Labute approximate surface area is 92.3 Å². The van der Waals surface area contributed by atoms with Crippen molar-refractivity contribution in [2.45, 2.75) is 0 Å². The average molecular weight is 227 g/mol. The van der Waals surface area contributed by atoms with E-state index in [9.17, 15) is 15.0 Å². The summed E-state index contributed by atoms with van der Waals surface area (Å²) in [5.74, 6) is 0.293. The zero-order chi connectivity index (χ0) is 11.3. The van der Waals surface area contributed by atoms with Gasteiger partial charge < -0.3 is 15.5 Å². The summed E-state index contributed by atoms with van der Waals surface area (Å²) in [6.45, 7) is 0.566. The summed E-state index contributed by atoms with van der Waals surface area (Å²) in [6.07, 6.45) is 1.95. The molecule has 1 aromatic carbocycles. The van der Waals surface area contributed by atoms with E-state index in [4.69, 9.17) is 0 Å². The Morgan fingerprint density at radius 1 is 1.33 bits per heavy atom. The fraction of sp³-hybridized carbons (Fsp3) is 0.300. The number of nitrogens with one attached hydrogen (secondary N) is 1. The molecule has 3 N–H and O–H groups in total. The highest BCUT2D eigenvalue weighted by Gasteiger charge is 2.07. The molecule has 0 aliphatic rings. The van der Waals surface area contributed by atoms with Crippen molar-refractivity contribution < 1.29 is 15.0 Å². The van der Waals surface area contributed by atoms with Crippen LogP contribution in [0.4, 0.5) is 0 Å². The molecule has 15 heavy (non-hydrogen) atoms. The summed E-state index contributed by atoms with van der Waals surface area (Å²) >= 11 is 1.63. The van der Waals surface area contributed by atoms with Crippen molar-refractivity contribution in [1.29, 1.82) is 0 Å². The molecule has 0 fully saturated rings. The number of hydrogen-bond donors (Lipinski definition) is 3. The lowest BCUT2D eigenvalue weighted by molar-refractivity contribution is 0.0955. The van der Waals surface area contributed by atoms with E-state index in [0.717, 1.165) is 5.75 Å². The zero-order valence-corrected chi connectivity index (χ0v) is 9.17. The van der Waals surface area contributed by atoms with Gasteiger partial charge in [0.1, 0.15) is 11.5 Å². The zero-order valence-electron chi connectivity index (χ0n) is 8.36. The molecule has 1 aromatic rings. The Hall–Kier alpha value is -1.36. The lowest BCUT2D eigenvalue weighted by Crippen LogP contribution is -2.25. The fourth-order valence-corrected chi connectivity index (χ4v) is 1.40. The van der Waals surface area contributed by atoms with Gasteiger partial charge >= 0.3 is 0 Å². The predicted octanol–water partition coefficient (Wildman–Crippen LogP) is 1.19. The van der Waals surface area contributed by atoms with Crippen LogP contribution in [0.2, 0.25) is 0 Å². The molecule has 0 bridgehead atoms. The van der Waals surface area contributed by atoms with Crippen LogP contribution in [-0.4, -0.2) is 34.7 Å². The third-order valence-corrected chi connectivity index (χ3v) is 2.37. The molecule has 0 spiro atoms. The minimum Gasteiger partial charge on any atom is -0.508 e. The molecule has 0 radical (unpaired) electrons. The Morgan fingerprint density at radius 2 is 1.93 bits per heavy atom. The fourth-order valence-electron chi connectivity index (χ4n) is 1.09. The predicted molar refractivity (Wildman–Crippen MR) is 60.5 cm³/mol. The summed E-state index contributed by atoms with van der Waals surface area (Å²) < 4.78 is 0. The first kappa shape index (κ1) is 11.7. The van der Waals surface area contributed by atoms with Crippen LogP contribution in [-0.2, 0) is 0 Å². The van der Waals surface area contributed by atoms with Gasteiger partial charge in [0.15, 0.2) is 0 Å². The standard InChI is InChI=1S/C10H13NO3S/c1-15-3-2-11-10(14)7-4-8(12)6-9(13)5-7/h4-6,12-13H,2-3H2,1H3,(H,11,14). The Morgan fingerprint density at radius 3 is 2.47 bits per heavy atom. The quantitative estimate of drug-likeness (QED) is 0.676. The third-order valence-electron chi connectivity index (χ3n) is 1.76. The van der Waals surface area contributed by atoms with Crippen molar-refractivity contribution in [3.63, 3.8) is 0 Å². The summed E-state index contributed by atoms with van der Waals surface area (Å²) in [4.78, 5) is 11.5. The van der Waals surface area contributed by atoms with E-state index in [2.05, 4.69) is 5.32 Å². The molecule has 0 atom stereocenters. The Bertz CT molecular complexity index is 334. The molecular weight excluding hydrogens is 214 g/mol. The van der Waals surface area contributed by atoms with E-state index < -0.39 is 0 Å². The summed E-state index contributed by atoms with van der Waals surface area (Å²) in [6, 6.07) is 3.81. The van der Waals surface area contributed by atoms with E-state index in [1.165, 1.54) is 18.2 Å². The molecule has 0 saturated carbocycles. The van der Waals surface area contributed by atoms with Crippen LogP contribution in [0.25, 0.3) is 0 Å². The van der Waals surface area contributed by atoms with Crippen LogP contribution >= 0.6 is 11.8 Å². The highest BCUT2D eigenvalue weighted by molar-refractivity contribution is 7.98. The molecule has 0 heterocycles. The smallest absolute Gasteiger partial charge is 0.251 e. The van der Waals surface area contributed by atoms with Crippen LogP contribution in [0.1, 0.15) is 10.4 Å². The summed E-state index contributed by atoms with van der Waals surface area (Å²) in [7, 11) is 0. The Balaban J connectivity index is 2.65. The van der Waals surface area contributed by atoms with E-state index >= 15 is 0 Å². The summed E-state index contributed by atoms with van der Waals surface area (Å²) in [5.41, 5.74) is 0.258. The second-order valence-electron chi connectivity index (χ2n) is 2.99. The lowest BCUT2D eigenvalue weighted by atomic mass is 10.2. The molecule has 0 unspecified atom stereocenters. The van der Waals surface area contributed by atoms with Gasteiger partial charge in [0.2, 0.25) is 0 Å². The number of benzene rings is 1. The highest BCUT2D eigenvalue weighted by atomic mass is 32.2. The van der Waals surface area contributed by atoms with Gasteiger partial charge in [-0.05, 0) is 18.4 Å². The van der Waals surface area contributed by atoms with Crippen molar-refractivity contribution in [3.8, 4) is 11.5 Å². The van der Waals surface area contributed by atoms with Crippen molar-refractivity contribution in [3.05, 3.63) is 23.8 Å². The minimum absolute atomic E-state index is 0.120. The minimum atomic E-state index is -0.296. The van der Waals surface area contributed by atoms with E-state index in [-0.39, 0.29) is 23.0 Å². The van der Waals surface area contributed by atoms with Gasteiger partial charge in [0, 0.05) is 23.9 Å². The second kappa shape index (κ2) is 5.50.